The van der Waals surface area contributed by atoms with Crippen molar-refractivity contribution in [2.75, 3.05) is 78.8 Å². The summed E-state index contributed by atoms with van der Waals surface area (Å²) in [5, 5.41) is 0. The fourth-order valence-corrected chi connectivity index (χ4v) is 7.37. The summed E-state index contributed by atoms with van der Waals surface area (Å²) in [4.78, 5) is 10.0. The second kappa shape index (κ2) is 31.5. The van der Waals surface area contributed by atoms with E-state index in [0.717, 1.165) is 76.3 Å². The Morgan fingerprint density at radius 3 is 1.00 bits per heavy atom. The van der Waals surface area contributed by atoms with Crippen LogP contribution in [0.5, 0.6) is 0 Å². The molecule has 0 aliphatic carbocycles. The lowest BCUT2D eigenvalue weighted by Crippen LogP contribution is -2.55. The molecule has 8 heteroatoms. The fourth-order valence-electron chi connectivity index (χ4n) is 7.37. The molecule has 0 aromatic rings. The zero-order chi connectivity index (χ0) is 42.9. The minimum Gasteiger partial charge on any atom is -0.378 e. The summed E-state index contributed by atoms with van der Waals surface area (Å²) in [6.45, 7) is 49.3. The Morgan fingerprint density at radius 2 is 0.632 bits per heavy atom. The van der Waals surface area contributed by atoms with Crippen molar-refractivity contribution >= 4 is 0 Å². The molecule has 2 atom stereocenters. The van der Waals surface area contributed by atoms with Crippen LogP contribution in [0.3, 0.4) is 0 Å². The van der Waals surface area contributed by atoms with E-state index in [9.17, 15) is 0 Å². The number of nitrogens with zero attached hydrogens (tertiary/aromatic N) is 4. The summed E-state index contributed by atoms with van der Waals surface area (Å²) >= 11 is 0. The Balaban J connectivity index is 0.000000381. The number of hydrogen-bond acceptors (Lipinski definition) is 8. The van der Waals surface area contributed by atoms with Crippen molar-refractivity contribution in [3.05, 3.63) is 0 Å². The summed E-state index contributed by atoms with van der Waals surface area (Å²) in [7, 11) is 0. The third-order valence-electron chi connectivity index (χ3n) is 12.1. The van der Waals surface area contributed by atoms with Crippen LogP contribution in [0.1, 0.15) is 169 Å². The Bertz CT molecular complexity index is 912. The molecule has 2 unspecified atom stereocenters. The van der Waals surface area contributed by atoms with Gasteiger partial charge in [0.2, 0.25) is 0 Å². The number of rotatable bonds is 20. The van der Waals surface area contributed by atoms with Crippen LogP contribution in [0.2, 0.25) is 0 Å². The molecule has 4 saturated heterocycles. The average molecular weight is 811 g/mol. The Labute approximate surface area is 357 Å². The first kappa shape index (κ1) is 54.7. The quantitative estimate of drug-likeness (QED) is 0.121. The van der Waals surface area contributed by atoms with E-state index >= 15 is 0 Å². The van der Waals surface area contributed by atoms with Crippen molar-refractivity contribution < 1.29 is 18.9 Å². The lowest BCUT2D eigenvalue weighted by Gasteiger charge is -2.41. The summed E-state index contributed by atoms with van der Waals surface area (Å²) in [6.07, 6.45) is 13.0. The largest absolute Gasteiger partial charge is 0.378 e. The summed E-state index contributed by atoms with van der Waals surface area (Å²) < 4.78 is 23.4. The first-order valence-electron chi connectivity index (χ1n) is 24.3. The van der Waals surface area contributed by atoms with Crippen LogP contribution in [0, 0.1) is 23.7 Å². The van der Waals surface area contributed by atoms with E-state index in [-0.39, 0.29) is 0 Å². The van der Waals surface area contributed by atoms with Gasteiger partial charge in [-0.2, -0.15) is 0 Å². The molecule has 0 aromatic carbocycles. The van der Waals surface area contributed by atoms with Crippen LogP contribution in [0.25, 0.3) is 0 Å². The molecule has 0 N–H and O–H groups in total. The number of likely N-dealkylation sites (tertiary alicyclic amines) is 4. The molecular weight excluding hydrogens is 709 g/mol. The SMILES string of the molecule is CC(C)CCOC1CCCN(C(C)C)C1.CC(C)CCOC1CCN(C(C)C)C1.CC(C)CCOC1CCN(C(C)C)CC1.CC(C)CCOC1CN(C(C)C)C1. The van der Waals surface area contributed by atoms with Gasteiger partial charge in [-0.25, -0.2) is 0 Å². The van der Waals surface area contributed by atoms with E-state index in [0.29, 0.717) is 48.6 Å². The predicted octanol–water partition coefficient (Wildman–Crippen LogP) is 10.5. The summed E-state index contributed by atoms with van der Waals surface area (Å²) in [5.41, 5.74) is 0. The predicted molar refractivity (Wildman–Crippen MR) is 247 cm³/mol. The lowest BCUT2D eigenvalue weighted by atomic mass is 10.1. The first-order valence-corrected chi connectivity index (χ1v) is 24.3. The molecule has 0 saturated carbocycles. The first-order chi connectivity index (χ1) is 26.9. The van der Waals surface area contributed by atoms with E-state index in [2.05, 4.69) is 130 Å². The normalized spacial score (nSPS) is 22.1. The maximum absolute atomic E-state index is 5.93. The monoisotopic (exact) mass is 811 g/mol. The highest BCUT2D eigenvalue weighted by Gasteiger charge is 2.29. The molecule has 57 heavy (non-hydrogen) atoms. The molecule has 0 bridgehead atoms. The standard InChI is InChI=1S/2C13H27NO.C12H25NO.C11H23NO/c1-11(2)7-10-15-13-5-8-14(9-6-13)12(3)4;1-11(2)7-9-15-13-6-5-8-14(10-13)12(3)4;1-10(2)6-8-14-12-5-7-13(9-12)11(3)4;1-9(2)5-6-13-11-7-12(8-11)10(3)4/h2*11-13H,5-10H2,1-4H3;10-12H,5-9H2,1-4H3;9-11H,5-8H2,1-4H3. The summed E-state index contributed by atoms with van der Waals surface area (Å²) in [6, 6.07) is 2.72. The number of ether oxygens (including phenoxy) is 4. The maximum Gasteiger partial charge on any atom is 0.0828 e. The van der Waals surface area contributed by atoms with Crippen LogP contribution in [0.4, 0.5) is 0 Å². The minimum absolute atomic E-state index is 0.486. The molecule has 342 valence electrons. The molecule has 0 radical (unpaired) electrons. The van der Waals surface area contributed by atoms with E-state index in [1.807, 2.05) is 0 Å². The Kier molecular flexibility index (Phi) is 30.2. The van der Waals surface area contributed by atoms with Gasteiger partial charge in [0.25, 0.3) is 0 Å². The highest BCUT2D eigenvalue weighted by atomic mass is 16.5. The second-order valence-corrected chi connectivity index (χ2v) is 20.6. The topological polar surface area (TPSA) is 49.9 Å². The van der Waals surface area contributed by atoms with Gasteiger partial charge in [0.15, 0.2) is 0 Å². The van der Waals surface area contributed by atoms with Gasteiger partial charge in [-0.05, 0) is 143 Å². The molecule has 4 aliphatic heterocycles. The average Bonchev–Trinajstić information content (AvgIpc) is 3.59. The van der Waals surface area contributed by atoms with Gasteiger partial charge in [-0.3, -0.25) is 14.7 Å². The van der Waals surface area contributed by atoms with Crippen molar-refractivity contribution in [3.63, 3.8) is 0 Å². The minimum atomic E-state index is 0.486. The molecule has 4 heterocycles. The molecule has 4 aliphatic rings. The van der Waals surface area contributed by atoms with E-state index in [4.69, 9.17) is 18.9 Å². The third-order valence-corrected chi connectivity index (χ3v) is 12.1. The zero-order valence-electron chi connectivity index (χ0n) is 41.2. The number of hydrogen-bond donors (Lipinski definition) is 0. The van der Waals surface area contributed by atoms with Crippen molar-refractivity contribution in [1.29, 1.82) is 0 Å². The van der Waals surface area contributed by atoms with Gasteiger partial charge < -0.3 is 23.8 Å². The van der Waals surface area contributed by atoms with Gasteiger partial charge in [-0.15, -0.1) is 0 Å². The molecule has 0 spiro atoms. The van der Waals surface area contributed by atoms with Gasteiger partial charge >= 0.3 is 0 Å². The Morgan fingerprint density at radius 1 is 0.333 bits per heavy atom. The second-order valence-electron chi connectivity index (χ2n) is 20.6. The fraction of sp³-hybridized carbons (Fsp3) is 1.00. The smallest absolute Gasteiger partial charge is 0.0828 e. The van der Waals surface area contributed by atoms with Gasteiger partial charge in [-0.1, -0.05) is 55.4 Å². The third kappa shape index (κ3) is 27.3. The number of piperidine rings is 2. The van der Waals surface area contributed by atoms with Gasteiger partial charge in [0.1, 0.15) is 0 Å². The summed E-state index contributed by atoms with van der Waals surface area (Å²) in [5.74, 6) is 3.05. The lowest BCUT2D eigenvalue weighted by molar-refractivity contribution is -0.0686. The van der Waals surface area contributed by atoms with Crippen molar-refractivity contribution in [2.45, 2.75) is 217 Å². The van der Waals surface area contributed by atoms with E-state index in [1.165, 1.54) is 84.0 Å². The molecule has 8 nitrogen and oxygen atoms in total. The van der Waals surface area contributed by atoms with E-state index < -0.39 is 0 Å². The molecule has 0 amide bonds. The van der Waals surface area contributed by atoms with Crippen LogP contribution in [-0.4, -0.2) is 147 Å². The highest BCUT2D eigenvalue weighted by Crippen LogP contribution is 2.19. The molecule has 0 aromatic heterocycles. The molecule has 4 rings (SSSR count). The Hall–Kier alpha value is -0.320. The van der Waals surface area contributed by atoms with Crippen molar-refractivity contribution in [1.82, 2.24) is 19.6 Å². The zero-order valence-corrected chi connectivity index (χ0v) is 41.2. The van der Waals surface area contributed by atoms with Crippen LogP contribution >= 0.6 is 0 Å². The molecule has 4 fully saturated rings. The van der Waals surface area contributed by atoms with Crippen LogP contribution in [-0.2, 0) is 18.9 Å². The highest BCUT2D eigenvalue weighted by molar-refractivity contribution is 4.83. The van der Waals surface area contributed by atoms with Crippen LogP contribution < -0.4 is 0 Å². The van der Waals surface area contributed by atoms with Crippen molar-refractivity contribution in [2.24, 2.45) is 23.7 Å². The van der Waals surface area contributed by atoms with Gasteiger partial charge in [0.05, 0.1) is 24.4 Å². The van der Waals surface area contributed by atoms with Crippen molar-refractivity contribution in [3.8, 4) is 0 Å². The van der Waals surface area contributed by atoms with E-state index in [1.54, 1.807) is 0 Å². The molecular formula is C49H102N4O4. The van der Waals surface area contributed by atoms with Crippen LogP contribution in [0.15, 0.2) is 0 Å². The van der Waals surface area contributed by atoms with Gasteiger partial charge in [0, 0.05) is 96.4 Å². The maximum atomic E-state index is 5.93.